The number of unbranched alkanes of at least 4 members (excludes halogenated alkanes) is 3. The van der Waals surface area contributed by atoms with Crippen LogP contribution >= 0.6 is 11.3 Å². The Labute approximate surface area is 165 Å². The number of rotatable bonds is 12. The molecule has 0 aliphatic rings. The van der Waals surface area contributed by atoms with Gasteiger partial charge < -0.3 is 5.11 Å². The first-order valence-electron chi connectivity index (χ1n) is 9.65. The zero-order chi connectivity index (χ0) is 18.9. The van der Waals surface area contributed by atoms with Gasteiger partial charge in [-0.3, -0.25) is 9.79 Å². The maximum atomic E-state index is 10.2. The maximum absolute atomic E-state index is 10.2. The third-order valence-electron chi connectivity index (χ3n) is 3.98. The van der Waals surface area contributed by atoms with Gasteiger partial charge in [-0.1, -0.05) is 6.07 Å². The van der Waals surface area contributed by atoms with Crippen molar-refractivity contribution in [3.8, 4) is 0 Å². The Morgan fingerprint density at radius 2 is 1.60 bits per heavy atom. The van der Waals surface area contributed by atoms with Crippen LogP contribution in [0.3, 0.4) is 0 Å². The van der Waals surface area contributed by atoms with E-state index in [9.17, 15) is 4.79 Å². The van der Waals surface area contributed by atoms with Gasteiger partial charge in [0.1, 0.15) is 6.54 Å². The van der Waals surface area contributed by atoms with Gasteiger partial charge in [0.05, 0.1) is 0 Å². The van der Waals surface area contributed by atoms with Crippen molar-refractivity contribution >= 4 is 42.8 Å². The minimum atomic E-state index is -0.897. The SMILES string of the molecule is CC(=NCC(=O)O)c1cccs1.CCC[CH2][Sn]([CH2]CCC)[CH2]CCC. The standard InChI is InChI=1S/C8H9NO2S.3C4H9.Sn/c1-6(9-5-8(10)11)7-3-2-4-12-7;3*1-3-4-2;/h2-4H,5H2,1H3,(H,10,11);3*1,3-4H2,2H3;. The average molecular weight is 473 g/mol. The molecule has 1 aromatic rings. The Morgan fingerprint density at radius 3 is 1.96 bits per heavy atom. The Kier molecular flexibility index (Phi) is 16.8. The van der Waals surface area contributed by atoms with E-state index in [1.807, 2.05) is 24.4 Å². The van der Waals surface area contributed by atoms with Crippen molar-refractivity contribution in [3.05, 3.63) is 22.4 Å². The summed E-state index contributed by atoms with van der Waals surface area (Å²) in [6.07, 6.45) is 8.85. The molecule has 143 valence electrons. The second kappa shape index (κ2) is 17.1. The van der Waals surface area contributed by atoms with Gasteiger partial charge in [-0.25, -0.2) is 0 Å². The van der Waals surface area contributed by atoms with E-state index in [4.69, 9.17) is 5.11 Å². The molecule has 1 aromatic heterocycles. The average Bonchev–Trinajstić information content (AvgIpc) is 3.14. The molecule has 0 aromatic carbocycles. The summed E-state index contributed by atoms with van der Waals surface area (Å²) in [5.74, 6) is -0.897. The van der Waals surface area contributed by atoms with Gasteiger partial charge in [-0.15, -0.1) is 11.3 Å². The van der Waals surface area contributed by atoms with Crippen LogP contribution < -0.4 is 0 Å². The first kappa shape index (κ1) is 24.6. The van der Waals surface area contributed by atoms with Crippen LogP contribution in [0, 0.1) is 0 Å². The molecule has 0 saturated heterocycles. The van der Waals surface area contributed by atoms with E-state index in [1.54, 1.807) is 24.6 Å². The molecule has 5 heteroatoms. The summed E-state index contributed by atoms with van der Waals surface area (Å²) in [5.41, 5.74) is 0.785. The third-order valence-corrected chi connectivity index (χ3v) is 14.0. The molecule has 0 aliphatic heterocycles. The fourth-order valence-corrected chi connectivity index (χ4v) is 12.5. The van der Waals surface area contributed by atoms with Crippen molar-refractivity contribution in [2.24, 2.45) is 4.99 Å². The van der Waals surface area contributed by atoms with Crippen LogP contribution in [0.25, 0.3) is 0 Å². The number of hydrogen-bond acceptors (Lipinski definition) is 3. The van der Waals surface area contributed by atoms with Gasteiger partial charge in [-0.2, -0.15) is 0 Å². The van der Waals surface area contributed by atoms with E-state index in [0.717, 1.165) is 10.6 Å². The number of carbonyl (C=O) groups is 1. The number of aliphatic carboxylic acids is 1. The van der Waals surface area contributed by atoms with Crippen LogP contribution in [0.15, 0.2) is 22.5 Å². The van der Waals surface area contributed by atoms with Crippen molar-refractivity contribution in [3.63, 3.8) is 0 Å². The Morgan fingerprint density at radius 1 is 1.08 bits per heavy atom. The predicted molar refractivity (Wildman–Crippen MR) is 114 cm³/mol. The number of carboxylic acids is 1. The molecule has 3 nitrogen and oxygen atoms in total. The van der Waals surface area contributed by atoms with Crippen LogP contribution in [0.4, 0.5) is 0 Å². The number of thiophene rings is 1. The van der Waals surface area contributed by atoms with Crippen LogP contribution in [-0.2, 0) is 4.79 Å². The second-order valence-corrected chi connectivity index (χ2v) is 15.8. The summed E-state index contributed by atoms with van der Waals surface area (Å²) in [6, 6.07) is 3.84. The van der Waals surface area contributed by atoms with E-state index in [0.29, 0.717) is 0 Å². The zero-order valence-electron chi connectivity index (χ0n) is 16.5. The van der Waals surface area contributed by atoms with Crippen molar-refractivity contribution in [2.45, 2.75) is 79.5 Å². The van der Waals surface area contributed by atoms with E-state index >= 15 is 0 Å². The first-order valence-corrected chi connectivity index (χ1v) is 16.6. The summed E-state index contributed by atoms with van der Waals surface area (Å²) in [7, 11) is 0. The molecule has 0 spiro atoms. The second-order valence-electron chi connectivity index (χ2n) is 6.33. The van der Waals surface area contributed by atoms with E-state index in [-0.39, 0.29) is 6.54 Å². The third kappa shape index (κ3) is 14.5. The Hall–Kier alpha value is -0.361. The van der Waals surface area contributed by atoms with Crippen LogP contribution in [0.1, 0.15) is 71.1 Å². The molecule has 0 bridgehead atoms. The molecule has 0 saturated carbocycles. The van der Waals surface area contributed by atoms with Crippen LogP contribution in [0.5, 0.6) is 0 Å². The summed E-state index contributed by atoms with van der Waals surface area (Å²) >= 11 is 0.720. The topological polar surface area (TPSA) is 49.7 Å². The molecule has 0 unspecified atom stereocenters. The number of carboxylic acid groups (broad SMARTS) is 1. The van der Waals surface area contributed by atoms with Gasteiger partial charge in [0.15, 0.2) is 0 Å². The summed E-state index contributed by atoms with van der Waals surface area (Å²) < 4.78 is 5.04. The molecular formula is C20H36NO2SSn. The number of nitrogens with zero attached hydrogens (tertiary/aromatic N) is 1. The first-order chi connectivity index (χ1) is 12.0. The molecular weight excluding hydrogens is 437 g/mol. The predicted octanol–water partition coefficient (Wildman–Crippen LogP) is 6.52. The molecule has 1 rings (SSSR count). The number of hydrogen-bond donors (Lipinski definition) is 1. The van der Waals surface area contributed by atoms with Crippen molar-refractivity contribution < 1.29 is 9.90 Å². The zero-order valence-corrected chi connectivity index (χ0v) is 20.2. The summed E-state index contributed by atoms with van der Waals surface area (Å²) in [6.45, 7) is 8.67. The van der Waals surface area contributed by atoms with Gasteiger partial charge in [0.25, 0.3) is 0 Å². The Balaban J connectivity index is 0.000000462. The fraction of sp³-hybridized carbons (Fsp3) is 0.700. The van der Waals surface area contributed by atoms with E-state index in [2.05, 4.69) is 25.8 Å². The van der Waals surface area contributed by atoms with E-state index < -0.39 is 25.7 Å². The van der Waals surface area contributed by atoms with Crippen LogP contribution in [0.2, 0.25) is 13.3 Å². The quantitative estimate of drug-likeness (QED) is 0.278. The van der Waals surface area contributed by atoms with Crippen molar-refractivity contribution in [2.75, 3.05) is 6.54 Å². The molecule has 0 atom stereocenters. The van der Waals surface area contributed by atoms with Crippen molar-refractivity contribution in [1.29, 1.82) is 0 Å². The molecule has 0 fully saturated rings. The Bertz CT molecular complexity index is 441. The van der Waals surface area contributed by atoms with Gasteiger partial charge in [0, 0.05) is 10.6 Å². The normalized spacial score (nSPS) is 11.3. The number of aliphatic imine (C=N–C) groups is 1. The fourth-order valence-electron chi connectivity index (χ4n) is 2.40. The van der Waals surface area contributed by atoms with Gasteiger partial charge in [0.2, 0.25) is 0 Å². The molecule has 25 heavy (non-hydrogen) atoms. The molecule has 1 heterocycles. The van der Waals surface area contributed by atoms with Gasteiger partial charge in [-0.05, 0) is 18.4 Å². The van der Waals surface area contributed by atoms with Gasteiger partial charge >= 0.3 is 98.3 Å². The molecule has 0 amide bonds. The molecule has 0 aliphatic carbocycles. The van der Waals surface area contributed by atoms with E-state index in [1.165, 1.54) is 38.5 Å². The molecule has 1 radical (unpaired) electrons. The minimum absolute atomic E-state index is 0.149. The summed E-state index contributed by atoms with van der Waals surface area (Å²) in [4.78, 5) is 15.1. The molecule has 1 N–H and O–H groups in total. The van der Waals surface area contributed by atoms with Crippen LogP contribution in [-0.4, -0.2) is 43.1 Å². The monoisotopic (exact) mass is 474 g/mol. The van der Waals surface area contributed by atoms with Crippen molar-refractivity contribution in [1.82, 2.24) is 0 Å². The summed E-state index contributed by atoms with van der Waals surface area (Å²) in [5, 5.41) is 10.3.